The third-order valence-corrected chi connectivity index (χ3v) is 5.33. The van der Waals surface area contributed by atoms with Crippen LogP contribution in [-0.4, -0.2) is 47.4 Å². The van der Waals surface area contributed by atoms with Crippen LogP contribution in [-0.2, 0) is 11.8 Å². The van der Waals surface area contributed by atoms with E-state index in [9.17, 15) is 9.18 Å². The number of hydrogen-bond acceptors (Lipinski definition) is 5. The highest BCUT2D eigenvalue weighted by molar-refractivity contribution is 5.87. The molecule has 0 N–H and O–H groups in total. The molecule has 9 heteroatoms. The predicted molar refractivity (Wildman–Crippen MR) is 104 cm³/mol. The van der Waals surface area contributed by atoms with Crippen molar-refractivity contribution >= 4 is 17.8 Å². The van der Waals surface area contributed by atoms with E-state index in [-0.39, 0.29) is 23.5 Å². The fourth-order valence-corrected chi connectivity index (χ4v) is 3.78. The predicted octanol–water partition coefficient (Wildman–Crippen LogP) is 2.31. The summed E-state index contributed by atoms with van der Waals surface area (Å²) in [6.07, 6.45) is 14.2. The summed E-state index contributed by atoms with van der Waals surface area (Å²) in [5, 5.41) is 12.3. The molecule has 0 spiro atoms. The van der Waals surface area contributed by atoms with Gasteiger partial charge in [-0.05, 0) is 25.1 Å². The van der Waals surface area contributed by atoms with Crippen LogP contribution in [0.3, 0.4) is 0 Å². The lowest BCUT2D eigenvalue weighted by molar-refractivity contribution is -0.134. The average Bonchev–Trinajstić information content (AvgIpc) is 3.34. The van der Waals surface area contributed by atoms with Crippen LogP contribution in [0.1, 0.15) is 18.8 Å². The molecule has 1 amide bonds. The quantitative estimate of drug-likeness (QED) is 0.686. The van der Waals surface area contributed by atoms with Gasteiger partial charge in [0.25, 0.3) is 0 Å². The molecule has 29 heavy (non-hydrogen) atoms. The minimum absolute atomic E-state index is 0.0706. The third kappa shape index (κ3) is 2.77. The van der Waals surface area contributed by atoms with E-state index in [0.29, 0.717) is 11.4 Å². The van der Waals surface area contributed by atoms with E-state index in [1.807, 2.05) is 19.1 Å². The van der Waals surface area contributed by atoms with Crippen LogP contribution >= 0.6 is 0 Å². The molecule has 0 radical (unpaired) electrons. The van der Waals surface area contributed by atoms with E-state index in [0.717, 1.165) is 5.56 Å². The van der Waals surface area contributed by atoms with Gasteiger partial charge in [0.05, 0.1) is 24.2 Å². The molecular formula is C20H18FN7O. The average molecular weight is 391 g/mol. The van der Waals surface area contributed by atoms with E-state index in [4.69, 9.17) is 0 Å². The van der Waals surface area contributed by atoms with E-state index in [2.05, 4.69) is 20.3 Å². The fourth-order valence-electron chi connectivity index (χ4n) is 3.78. The molecule has 0 aromatic carbocycles. The number of allylic oxidation sites excluding steroid dienone is 1. The Morgan fingerprint density at radius 1 is 1.17 bits per heavy atom. The molecule has 0 saturated heterocycles. The zero-order chi connectivity index (χ0) is 20.1. The minimum atomic E-state index is -0.484. The van der Waals surface area contributed by atoms with Gasteiger partial charge in [0.1, 0.15) is 0 Å². The van der Waals surface area contributed by atoms with Crippen molar-refractivity contribution in [3.63, 3.8) is 0 Å². The topological polar surface area (TPSA) is 80.7 Å². The van der Waals surface area contributed by atoms with Crippen LogP contribution < -0.4 is 0 Å². The first-order valence-electron chi connectivity index (χ1n) is 9.26. The second kappa shape index (κ2) is 6.47. The maximum Gasteiger partial charge on any atom is 0.236 e. The zero-order valence-electron chi connectivity index (χ0n) is 15.8. The zero-order valence-corrected chi connectivity index (χ0v) is 15.8. The maximum atomic E-state index is 14.7. The van der Waals surface area contributed by atoms with Gasteiger partial charge in [0.15, 0.2) is 17.3 Å². The van der Waals surface area contributed by atoms with Crippen LogP contribution in [0.5, 0.6) is 0 Å². The normalized spacial score (nSPS) is 21.8. The molecule has 2 aliphatic heterocycles. The van der Waals surface area contributed by atoms with Crippen LogP contribution in [0.4, 0.5) is 4.39 Å². The number of dihydropyridines is 1. The SMILES string of the molecule is C[C@H](c1nnc2c(F)cc(-c3cnn(C)c3)cn12)N1C=CC2N=CC=CC2C1=O. The van der Waals surface area contributed by atoms with Crippen LogP contribution in [0, 0.1) is 11.7 Å². The molecule has 3 aromatic heterocycles. The number of aromatic nitrogens is 5. The Morgan fingerprint density at radius 3 is 2.83 bits per heavy atom. The fraction of sp³-hybridized carbons (Fsp3) is 0.250. The van der Waals surface area contributed by atoms with Gasteiger partial charge in [-0.25, -0.2) is 4.39 Å². The first-order valence-corrected chi connectivity index (χ1v) is 9.26. The van der Waals surface area contributed by atoms with E-state index in [1.54, 1.807) is 58.1 Å². The molecule has 0 saturated carbocycles. The second-order valence-electron chi connectivity index (χ2n) is 7.19. The first kappa shape index (κ1) is 17.5. The summed E-state index contributed by atoms with van der Waals surface area (Å²) in [5.41, 5.74) is 1.55. The van der Waals surface area contributed by atoms with Crippen LogP contribution in [0.25, 0.3) is 16.8 Å². The molecule has 5 heterocycles. The number of nitrogens with zero attached hydrogens (tertiary/aromatic N) is 7. The van der Waals surface area contributed by atoms with Gasteiger partial charge in [-0.1, -0.05) is 6.08 Å². The standard InChI is InChI=1S/C20H18FN7O/c1-12(27-7-5-17-15(20(27)29)4-3-6-22-17)18-24-25-19-16(21)8-13(11-28(18)19)14-9-23-26(2)10-14/h3-12,15,17H,1-2H3/t12-,15?,17?/m1/s1. The Morgan fingerprint density at radius 2 is 2.03 bits per heavy atom. The molecule has 2 unspecified atom stereocenters. The lowest BCUT2D eigenvalue weighted by Crippen LogP contribution is -2.42. The highest BCUT2D eigenvalue weighted by atomic mass is 19.1. The van der Waals surface area contributed by atoms with Gasteiger partial charge in [-0.3, -0.25) is 18.9 Å². The Hall–Kier alpha value is -3.62. The van der Waals surface area contributed by atoms with Gasteiger partial charge in [-0.15, -0.1) is 10.2 Å². The number of carbonyl (C=O) groups excluding carboxylic acids is 1. The number of aliphatic imine (C=N–C) groups is 1. The Balaban J connectivity index is 1.56. The molecule has 8 nitrogen and oxygen atoms in total. The molecule has 5 rings (SSSR count). The summed E-state index contributed by atoms with van der Waals surface area (Å²) in [4.78, 5) is 18.9. The van der Waals surface area contributed by atoms with Gasteiger partial charge >= 0.3 is 0 Å². The lowest BCUT2D eigenvalue weighted by Gasteiger charge is -2.34. The Kier molecular flexibility index (Phi) is 3.90. The first-order chi connectivity index (χ1) is 14.0. The van der Waals surface area contributed by atoms with Gasteiger partial charge < -0.3 is 4.90 Å². The summed E-state index contributed by atoms with van der Waals surface area (Å²) < 4.78 is 17.9. The van der Waals surface area contributed by atoms with Crippen molar-refractivity contribution in [1.29, 1.82) is 0 Å². The van der Waals surface area contributed by atoms with Crippen molar-refractivity contribution in [3.8, 4) is 11.1 Å². The molecule has 0 bridgehead atoms. The van der Waals surface area contributed by atoms with Crippen molar-refractivity contribution in [2.45, 2.75) is 19.0 Å². The van der Waals surface area contributed by atoms with Crippen molar-refractivity contribution in [1.82, 2.24) is 29.3 Å². The number of carbonyl (C=O) groups is 1. The Labute approximate surface area is 165 Å². The van der Waals surface area contributed by atoms with Crippen LogP contribution in [0.2, 0.25) is 0 Å². The molecule has 2 aliphatic rings. The number of aryl methyl sites for hydroxylation is 1. The van der Waals surface area contributed by atoms with Gasteiger partial charge in [0, 0.05) is 43.0 Å². The largest absolute Gasteiger partial charge is 0.308 e. The number of amides is 1. The smallest absolute Gasteiger partial charge is 0.236 e. The van der Waals surface area contributed by atoms with E-state index in [1.165, 1.54) is 6.07 Å². The molecular weight excluding hydrogens is 373 g/mol. The molecule has 3 aromatic rings. The second-order valence-corrected chi connectivity index (χ2v) is 7.19. The van der Waals surface area contributed by atoms with E-state index >= 15 is 0 Å². The molecule has 0 aliphatic carbocycles. The van der Waals surface area contributed by atoms with Crippen molar-refractivity contribution < 1.29 is 9.18 Å². The molecule has 3 atom stereocenters. The maximum absolute atomic E-state index is 14.7. The number of rotatable bonds is 3. The monoisotopic (exact) mass is 391 g/mol. The summed E-state index contributed by atoms with van der Waals surface area (Å²) in [6.45, 7) is 1.85. The highest BCUT2D eigenvalue weighted by Gasteiger charge is 2.36. The summed E-state index contributed by atoms with van der Waals surface area (Å²) in [6, 6.07) is 0.801. The van der Waals surface area contributed by atoms with Crippen molar-refractivity contribution in [2.24, 2.45) is 18.0 Å². The van der Waals surface area contributed by atoms with Gasteiger partial charge in [0.2, 0.25) is 5.91 Å². The summed E-state index contributed by atoms with van der Waals surface area (Å²) >= 11 is 0. The highest BCUT2D eigenvalue weighted by Crippen LogP contribution is 2.30. The van der Waals surface area contributed by atoms with Gasteiger partial charge in [-0.2, -0.15) is 5.10 Å². The van der Waals surface area contributed by atoms with Crippen molar-refractivity contribution in [2.75, 3.05) is 0 Å². The van der Waals surface area contributed by atoms with Crippen molar-refractivity contribution in [3.05, 3.63) is 60.7 Å². The van der Waals surface area contributed by atoms with E-state index < -0.39 is 11.9 Å². The lowest BCUT2D eigenvalue weighted by atomic mass is 9.93. The number of pyridine rings is 1. The third-order valence-electron chi connectivity index (χ3n) is 5.33. The number of fused-ring (bicyclic) bond motifs is 2. The summed E-state index contributed by atoms with van der Waals surface area (Å²) in [5.74, 6) is -0.417. The molecule has 146 valence electrons. The Bertz CT molecular complexity index is 1200. The number of hydrogen-bond donors (Lipinski definition) is 0. The molecule has 0 fully saturated rings. The minimum Gasteiger partial charge on any atom is -0.308 e. The number of halogens is 1. The van der Waals surface area contributed by atoms with Crippen LogP contribution in [0.15, 0.2) is 54.1 Å². The summed E-state index contributed by atoms with van der Waals surface area (Å²) in [7, 11) is 1.80.